The number of H-pyrrole nitrogens is 1. The third-order valence-corrected chi connectivity index (χ3v) is 8.66. The molecule has 0 radical (unpaired) electrons. The van der Waals surface area contributed by atoms with Crippen LogP contribution in [-0.4, -0.2) is 34.8 Å². The molecule has 5 nitrogen and oxygen atoms in total. The van der Waals surface area contributed by atoms with Crippen molar-refractivity contribution in [1.82, 2.24) is 20.6 Å². The topological polar surface area (TPSA) is 65.1 Å². The summed E-state index contributed by atoms with van der Waals surface area (Å²) in [5.41, 5.74) is 8.60. The smallest absolute Gasteiger partial charge is 0.123 e. The van der Waals surface area contributed by atoms with Gasteiger partial charge in [0.2, 0.25) is 0 Å². The SMILES string of the molecule is c1cc2cc(-c3cnc([C@@H]4CCCN4)[nH]3)ccc2cc1-c1ccc2c3c(ccc2c1)N=C([C@@H]1CCCN1)C3. The number of nitrogens with zero attached hydrogens (tertiary/aromatic N) is 2. The van der Waals surface area contributed by atoms with Gasteiger partial charge in [-0.25, -0.2) is 4.98 Å². The summed E-state index contributed by atoms with van der Waals surface area (Å²) in [7, 11) is 0. The summed E-state index contributed by atoms with van der Waals surface area (Å²) in [6.07, 6.45) is 7.76. The molecule has 5 aromatic rings. The number of aromatic amines is 1. The zero-order valence-corrected chi connectivity index (χ0v) is 21.4. The monoisotopic (exact) mass is 497 g/mol. The van der Waals surface area contributed by atoms with Gasteiger partial charge in [0, 0.05) is 23.7 Å². The molecule has 5 heteroatoms. The Balaban J connectivity index is 1.08. The Labute approximate surface area is 222 Å². The maximum Gasteiger partial charge on any atom is 0.123 e. The van der Waals surface area contributed by atoms with Crippen LogP contribution in [0.5, 0.6) is 0 Å². The van der Waals surface area contributed by atoms with Crippen molar-refractivity contribution in [1.29, 1.82) is 0 Å². The summed E-state index contributed by atoms with van der Waals surface area (Å²) < 4.78 is 0. The van der Waals surface area contributed by atoms with E-state index in [1.54, 1.807) is 0 Å². The molecule has 0 saturated carbocycles. The van der Waals surface area contributed by atoms with E-state index in [0.717, 1.165) is 43.1 Å². The molecule has 0 bridgehead atoms. The van der Waals surface area contributed by atoms with Crippen molar-refractivity contribution in [2.75, 3.05) is 13.1 Å². The highest BCUT2D eigenvalue weighted by atomic mass is 15.0. The molecule has 2 fully saturated rings. The molecule has 2 saturated heterocycles. The lowest BCUT2D eigenvalue weighted by Crippen LogP contribution is -2.30. The van der Waals surface area contributed by atoms with E-state index in [1.165, 1.54) is 68.8 Å². The van der Waals surface area contributed by atoms with E-state index in [-0.39, 0.29) is 0 Å². The van der Waals surface area contributed by atoms with E-state index >= 15 is 0 Å². The molecule has 3 N–H and O–H groups in total. The minimum Gasteiger partial charge on any atom is -0.341 e. The van der Waals surface area contributed by atoms with Gasteiger partial charge in [0.25, 0.3) is 0 Å². The van der Waals surface area contributed by atoms with E-state index in [2.05, 4.69) is 87.3 Å². The molecule has 0 spiro atoms. The van der Waals surface area contributed by atoms with E-state index in [1.807, 2.05) is 6.20 Å². The lowest BCUT2D eigenvalue weighted by molar-refractivity contribution is 0.613. The molecule has 4 aromatic carbocycles. The van der Waals surface area contributed by atoms with Crippen molar-refractivity contribution >= 4 is 32.9 Å². The number of hydrogen-bond donors (Lipinski definition) is 3. The number of aromatic nitrogens is 2. The predicted molar refractivity (Wildman–Crippen MR) is 156 cm³/mol. The predicted octanol–water partition coefficient (Wildman–Crippen LogP) is 6.86. The average molecular weight is 498 g/mol. The second kappa shape index (κ2) is 8.90. The number of hydrogen-bond acceptors (Lipinski definition) is 4. The van der Waals surface area contributed by atoms with Crippen molar-refractivity contribution < 1.29 is 0 Å². The molecule has 8 rings (SSSR count). The zero-order valence-electron chi connectivity index (χ0n) is 21.4. The summed E-state index contributed by atoms with van der Waals surface area (Å²) in [4.78, 5) is 13.2. The van der Waals surface area contributed by atoms with Gasteiger partial charge in [-0.05, 0) is 101 Å². The molecule has 188 valence electrons. The normalized spacial score (nSPS) is 20.9. The first-order valence-corrected chi connectivity index (χ1v) is 14.0. The molecular weight excluding hydrogens is 466 g/mol. The Kier molecular flexibility index (Phi) is 5.20. The highest BCUT2D eigenvalue weighted by Gasteiger charge is 2.26. The lowest BCUT2D eigenvalue weighted by atomic mass is 9.94. The van der Waals surface area contributed by atoms with Crippen LogP contribution in [0.4, 0.5) is 5.69 Å². The van der Waals surface area contributed by atoms with Gasteiger partial charge >= 0.3 is 0 Å². The maximum absolute atomic E-state index is 4.99. The van der Waals surface area contributed by atoms with E-state index < -0.39 is 0 Å². The van der Waals surface area contributed by atoms with Crippen LogP contribution in [0.15, 0.2) is 77.9 Å². The zero-order chi connectivity index (χ0) is 25.1. The second-order valence-electron chi connectivity index (χ2n) is 11.0. The number of fused-ring (bicyclic) bond motifs is 4. The molecule has 1 aromatic heterocycles. The van der Waals surface area contributed by atoms with Crippen LogP contribution in [0.1, 0.15) is 43.1 Å². The number of aliphatic imine (C=N–C) groups is 1. The third kappa shape index (κ3) is 3.77. The van der Waals surface area contributed by atoms with E-state index in [9.17, 15) is 0 Å². The van der Waals surface area contributed by atoms with Gasteiger partial charge in [-0.15, -0.1) is 0 Å². The van der Waals surface area contributed by atoms with Crippen LogP contribution in [0.3, 0.4) is 0 Å². The fourth-order valence-electron chi connectivity index (χ4n) is 6.57. The molecule has 4 heterocycles. The minimum atomic E-state index is 0.355. The summed E-state index contributed by atoms with van der Waals surface area (Å²) in [6.45, 7) is 2.19. The molecule has 3 aliphatic rings. The summed E-state index contributed by atoms with van der Waals surface area (Å²) >= 11 is 0. The lowest BCUT2D eigenvalue weighted by Gasteiger charge is -2.11. The Morgan fingerprint density at radius 1 is 0.684 bits per heavy atom. The highest BCUT2D eigenvalue weighted by Crippen LogP contribution is 2.37. The molecule has 0 amide bonds. The molecule has 0 unspecified atom stereocenters. The van der Waals surface area contributed by atoms with Crippen LogP contribution in [-0.2, 0) is 6.42 Å². The number of imidazole rings is 1. The largest absolute Gasteiger partial charge is 0.341 e. The van der Waals surface area contributed by atoms with Crippen molar-refractivity contribution in [3.05, 3.63) is 84.3 Å². The van der Waals surface area contributed by atoms with Crippen molar-refractivity contribution in [3.63, 3.8) is 0 Å². The van der Waals surface area contributed by atoms with Crippen molar-refractivity contribution in [2.45, 2.75) is 44.2 Å². The van der Waals surface area contributed by atoms with Gasteiger partial charge in [0.15, 0.2) is 0 Å². The minimum absolute atomic E-state index is 0.355. The van der Waals surface area contributed by atoms with Gasteiger partial charge in [0.1, 0.15) is 5.82 Å². The molecular formula is C33H31N5. The Bertz CT molecular complexity index is 1720. The summed E-state index contributed by atoms with van der Waals surface area (Å²) in [5, 5.41) is 12.3. The number of benzene rings is 4. The fourth-order valence-corrected chi connectivity index (χ4v) is 6.57. The van der Waals surface area contributed by atoms with Crippen LogP contribution < -0.4 is 10.6 Å². The Hall–Kier alpha value is -3.80. The Morgan fingerprint density at radius 2 is 1.37 bits per heavy atom. The summed E-state index contributed by atoms with van der Waals surface area (Å²) in [6, 6.07) is 25.6. The second-order valence-corrected chi connectivity index (χ2v) is 11.0. The standard InChI is InChI=1S/C33H31N5/c1-3-29(34-13-1)31-18-27-26-11-9-23(16-24(26)10-12-28(27)37-31)20-5-6-22-17-25(8-7-21(22)15-20)32-19-36-33(38-32)30-4-2-14-35-30/h5-12,15-17,19,29-30,34-35H,1-4,13-14,18H2,(H,36,38)/t29-,30-/m0/s1. The van der Waals surface area contributed by atoms with Gasteiger partial charge in [-0.3, -0.25) is 4.99 Å². The van der Waals surface area contributed by atoms with Gasteiger partial charge in [-0.2, -0.15) is 0 Å². The van der Waals surface area contributed by atoms with Gasteiger partial charge in [-0.1, -0.05) is 42.5 Å². The van der Waals surface area contributed by atoms with Crippen molar-refractivity contribution in [2.24, 2.45) is 4.99 Å². The van der Waals surface area contributed by atoms with Crippen molar-refractivity contribution in [3.8, 4) is 22.4 Å². The van der Waals surface area contributed by atoms with Crippen LogP contribution in [0, 0.1) is 0 Å². The molecule has 0 aliphatic carbocycles. The van der Waals surface area contributed by atoms with Crippen LogP contribution in [0.2, 0.25) is 0 Å². The van der Waals surface area contributed by atoms with Crippen LogP contribution >= 0.6 is 0 Å². The first kappa shape index (κ1) is 22.2. The first-order valence-electron chi connectivity index (χ1n) is 14.0. The first-order chi connectivity index (χ1) is 18.8. The number of rotatable bonds is 4. The van der Waals surface area contributed by atoms with E-state index in [4.69, 9.17) is 4.99 Å². The Morgan fingerprint density at radius 3 is 2.16 bits per heavy atom. The molecule has 3 aliphatic heterocycles. The molecule has 38 heavy (non-hydrogen) atoms. The maximum atomic E-state index is 4.99. The quantitative estimate of drug-likeness (QED) is 0.254. The fraction of sp³-hybridized carbons (Fsp3) is 0.273. The highest BCUT2D eigenvalue weighted by molar-refractivity contribution is 6.04. The van der Waals surface area contributed by atoms with Gasteiger partial charge in [0.05, 0.1) is 23.6 Å². The third-order valence-electron chi connectivity index (χ3n) is 8.66. The number of nitrogens with one attached hydrogen (secondary N) is 3. The van der Waals surface area contributed by atoms with Gasteiger partial charge < -0.3 is 15.6 Å². The summed E-state index contributed by atoms with van der Waals surface area (Å²) in [5.74, 6) is 1.05. The average Bonchev–Trinajstić information content (AvgIpc) is 3.78. The van der Waals surface area contributed by atoms with Crippen LogP contribution in [0.25, 0.3) is 43.9 Å². The molecule has 2 atom stereocenters. The van der Waals surface area contributed by atoms with E-state index in [0.29, 0.717) is 12.1 Å².